The molecule has 30 heavy (non-hydrogen) atoms. The van der Waals surface area contributed by atoms with Crippen LogP contribution in [-0.2, 0) is 4.79 Å². The molecule has 1 aromatic rings. The van der Waals surface area contributed by atoms with Gasteiger partial charge in [-0.05, 0) is 43.7 Å². The van der Waals surface area contributed by atoms with E-state index in [9.17, 15) is 27.2 Å². The maximum atomic E-state index is 13.7. The number of piperidine rings is 1. The number of ether oxygens (including phenoxy) is 1. The highest BCUT2D eigenvalue weighted by Crippen LogP contribution is 2.29. The van der Waals surface area contributed by atoms with Gasteiger partial charge in [0.2, 0.25) is 5.91 Å². The summed E-state index contributed by atoms with van der Waals surface area (Å²) in [6.07, 6.45) is 1.44. The number of amides is 3. The third kappa shape index (κ3) is 6.50. The van der Waals surface area contributed by atoms with Crippen LogP contribution in [0.3, 0.4) is 0 Å². The number of hydrogen-bond donors (Lipinski definition) is 2. The summed E-state index contributed by atoms with van der Waals surface area (Å²) in [6, 6.07) is 1.94. The molecule has 0 aromatic heterocycles. The Kier molecular flexibility index (Phi) is 7.04. The van der Waals surface area contributed by atoms with E-state index >= 15 is 0 Å². The summed E-state index contributed by atoms with van der Waals surface area (Å²) in [4.78, 5) is 26.3. The first kappa shape index (κ1) is 22.2. The molecular weight excluding hydrogens is 406 g/mol. The number of anilines is 1. The number of benzene rings is 1. The van der Waals surface area contributed by atoms with E-state index in [-0.39, 0.29) is 17.6 Å². The lowest BCUT2D eigenvalue weighted by molar-refractivity contribution is -0.275. The monoisotopic (exact) mass is 431 g/mol. The number of alkyl halides is 3. The number of carbonyl (C=O) groups is 2. The summed E-state index contributed by atoms with van der Waals surface area (Å²) in [7, 11) is 0. The van der Waals surface area contributed by atoms with Crippen molar-refractivity contribution < 1.29 is 31.9 Å². The van der Waals surface area contributed by atoms with Crippen LogP contribution in [0.2, 0.25) is 0 Å². The molecule has 166 valence electrons. The molecule has 0 radical (unpaired) electrons. The van der Waals surface area contributed by atoms with Crippen LogP contribution >= 0.6 is 0 Å². The second kappa shape index (κ2) is 9.53. The van der Waals surface area contributed by atoms with Gasteiger partial charge in [-0.25, -0.2) is 9.18 Å². The quantitative estimate of drug-likeness (QED) is 0.679. The van der Waals surface area contributed by atoms with E-state index in [4.69, 9.17) is 0 Å². The van der Waals surface area contributed by atoms with Crippen LogP contribution in [0.4, 0.5) is 28.0 Å². The predicted octanol–water partition coefficient (Wildman–Crippen LogP) is 4.42. The summed E-state index contributed by atoms with van der Waals surface area (Å²) in [6.45, 7) is 1.13. The number of urea groups is 1. The Morgan fingerprint density at radius 3 is 2.37 bits per heavy atom. The first-order chi connectivity index (χ1) is 14.2. The van der Waals surface area contributed by atoms with Crippen molar-refractivity contribution in [3.05, 3.63) is 24.0 Å². The van der Waals surface area contributed by atoms with E-state index < -0.39 is 24.0 Å². The molecule has 0 spiro atoms. The number of hydrogen-bond acceptors (Lipinski definition) is 3. The molecule has 1 aromatic carbocycles. The van der Waals surface area contributed by atoms with Crippen LogP contribution in [0.25, 0.3) is 0 Å². The average Bonchev–Trinajstić information content (AvgIpc) is 3.16. The minimum Gasteiger partial charge on any atom is -0.403 e. The van der Waals surface area contributed by atoms with E-state index in [0.29, 0.717) is 38.3 Å². The zero-order valence-corrected chi connectivity index (χ0v) is 16.4. The fourth-order valence-corrected chi connectivity index (χ4v) is 4.00. The van der Waals surface area contributed by atoms with Crippen LogP contribution in [0.5, 0.6) is 5.75 Å². The SMILES string of the molecule is O=C(Nc1ccc(OC(F)(F)F)c(F)c1)NC1CCN(C(=O)CC2CCCC2)CC1. The summed E-state index contributed by atoms with van der Waals surface area (Å²) >= 11 is 0. The highest BCUT2D eigenvalue weighted by molar-refractivity contribution is 5.89. The molecule has 6 nitrogen and oxygen atoms in total. The van der Waals surface area contributed by atoms with Crippen molar-refractivity contribution in [1.29, 1.82) is 0 Å². The number of nitrogens with one attached hydrogen (secondary N) is 2. The predicted molar refractivity (Wildman–Crippen MR) is 101 cm³/mol. The van der Waals surface area contributed by atoms with Gasteiger partial charge in [0.15, 0.2) is 11.6 Å². The average molecular weight is 431 g/mol. The van der Waals surface area contributed by atoms with Gasteiger partial charge in [0.1, 0.15) is 0 Å². The van der Waals surface area contributed by atoms with Gasteiger partial charge in [0, 0.05) is 37.3 Å². The van der Waals surface area contributed by atoms with Crippen LogP contribution in [0.1, 0.15) is 44.9 Å². The normalized spacial score (nSPS) is 18.3. The highest BCUT2D eigenvalue weighted by Gasteiger charge is 2.32. The molecule has 0 atom stereocenters. The standard InChI is InChI=1S/C20H25F4N3O3/c21-16-12-15(5-6-17(16)30-20(22,23)24)26-19(29)25-14-7-9-27(10-8-14)18(28)11-13-3-1-2-4-13/h5-6,12-14H,1-4,7-11H2,(H2,25,26,29). The Bertz CT molecular complexity index is 758. The van der Waals surface area contributed by atoms with Crippen LogP contribution in [-0.4, -0.2) is 42.3 Å². The molecule has 0 unspecified atom stereocenters. The maximum Gasteiger partial charge on any atom is 0.573 e. The van der Waals surface area contributed by atoms with E-state index in [0.717, 1.165) is 31.0 Å². The Hall–Kier alpha value is -2.52. The third-order valence-electron chi connectivity index (χ3n) is 5.54. The zero-order valence-electron chi connectivity index (χ0n) is 16.4. The molecule has 1 heterocycles. The highest BCUT2D eigenvalue weighted by atomic mass is 19.4. The second-order valence-corrected chi connectivity index (χ2v) is 7.80. The van der Waals surface area contributed by atoms with Crippen LogP contribution in [0, 0.1) is 11.7 Å². The fraction of sp³-hybridized carbons (Fsp3) is 0.600. The number of nitrogens with zero attached hydrogens (tertiary/aromatic N) is 1. The molecule has 2 fully saturated rings. The van der Waals surface area contributed by atoms with E-state index in [1.165, 1.54) is 12.8 Å². The van der Waals surface area contributed by atoms with Gasteiger partial charge in [-0.2, -0.15) is 0 Å². The van der Waals surface area contributed by atoms with Gasteiger partial charge < -0.3 is 20.3 Å². The van der Waals surface area contributed by atoms with Crippen LogP contribution < -0.4 is 15.4 Å². The van der Waals surface area contributed by atoms with Gasteiger partial charge in [0.05, 0.1) is 0 Å². The molecule has 3 rings (SSSR count). The van der Waals surface area contributed by atoms with Gasteiger partial charge in [-0.1, -0.05) is 12.8 Å². The van der Waals surface area contributed by atoms with Gasteiger partial charge in [-0.15, -0.1) is 13.2 Å². The molecule has 10 heteroatoms. The molecular formula is C20H25F4N3O3. The Balaban J connectivity index is 1.42. The zero-order chi connectivity index (χ0) is 21.7. The van der Waals surface area contributed by atoms with E-state index in [1.807, 2.05) is 4.90 Å². The van der Waals surface area contributed by atoms with Crippen molar-refractivity contribution in [1.82, 2.24) is 10.2 Å². The first-order valence-corrected chi connectivity index (χ1v) is 10.1. The molecule has 0 bridgehead atoms. The molecule has 2 N–H and O–H groups in total. The minimum absolute atomic E-state index is 0.00343. The summed E-state index contributed by atoms with van der Waals surface area (Å²) < 4.78 is 53.8. The molecule has 1 saturated heterocycles. The lowest BCUT2D eigenvalue weighted by atomic mass is 10.0. The fourth-order valence-electron chi connectivity index (χ4n) is 4.00. The number of rotatable bonds is 5. The molecule has 1 saturated carbocycles. The summed E-state index contributed by atoms with van der Waals surface area (Å²) in [5.41, 5.74) is 0.00343. The van der Waals surface area contributed by atoms with Crippen LogP contribution in [0.15, 0.2) is 18.2 Å². The second-order valence-electron chi connectivity index (χ2n) is 7.80. The van der Waals surface area contributed by atoms with Crippen molar-refractivity contribution in [2.45, 2.75) is 57.3 Å². The van der Waals surface area contributed by atoms with Crippen molar-refractivity contribution in [3.63, 3.8) is 0 Å². The molecule has 2 aliphatic rings. The minimum atomic E-state index is -5.00. The molecule has 3 amide bonds. The Labute approximate surface area is 171 Å². The van der Waals surface area contributed by atoms with Gasteiger partial charge in [-0.3, -0.25) is 4.79 Å². The number of carbonyl (C=O) groups excluding carboxylic acids is 2. The van der Waals surface area contributed by atoms with Gasteiger partial charge in [0.25, 0.3) is 0 Å². The topological polar surface area (TPSA) is 70.7 Å². The number of halogens is 4. The van der Waals surface area contributed by atoms with E-state index in [2.05, 4.69) is 15.4 Å². The first-order valence-electron chi connectivity index (χ1n) is 10.1. The van der Waals surface area contributed by atoms with E-state index in [1.54, 1.807) is 0 Å². The lowest BCUT2D eigenvalue weighted by Crippen LogP contribution is -2.47. The maximum absolute atomic E-state index is 13.7. The van der Waals surface area contributed by atoms with Crippen molar-refractivity contribution in [3.8, 4) is 5.75 Å². The lowest BCUT2D eigenvalue weighted by Gasteiger charge is -2.33. The summed E-state index contributed by atoms with van der Waals surface area (Å²) in [5, 5.41) is 5.15. The van der Waals surface area contributed by atoms with Crippen molar-refractivity contribution in [2.24, 2.45) is 5.92 Å². The van der Waals surface area contributed by atoms with Gasteiger partial charge >= 0.3 is 12.4 Å². The third-order valence-corrected chi connectivity index (χ3v) is 5.54. The van der Waals surface area contributed by atoms with Crippen molar-refractivity contribution >= 4 is 17.6 Å². The summed E-state index contributed by atoms with van der Waals surface area (Å²) in [5.74, 6) is -1.55. The smallest absolute Gasteiger partial charge is 0.403 e. The molecule has 1 aliphatic heterocycles. The Morgan fingerprint density at radius 1 is 1.10 bits per heavy atom. The van der Waals surface area contributed by atoms with Crippen molar-refractivity contribution in [2.75, 3.05) is 18.4 Å². The Morgan fingerprint density at radius 2 is 1.77 bits per heavy atom. The molecule has 1 aliphatic carbocycles. The number of likely N-dealkylation sites (tertiary alicyclic amines) is 1. The largest absolute Gasteiger partial charge is 0.573 e.